The van der Waals surface area contributed by atoms with Gasteiger partial charge in [0.25, 0.3) is 0 Å². The first-order chi connectivity index (χ1) is 14.1. The number of rotatable bonds is 6. The molecule has 1 amide bonds. The fourth-order valence-electron chi connectivity index (χ4n) is 3.52. The fourth-order valence-corrected chi connectivity index (χ4v) is 3.52. The second-order valence-electron chi connectivity index (χ2n) is 7.14. The number of aromatic nitrogens is 1. The lowest BCUT2D eigenvalue weighted by molar-refractivity contribution is -0.136. The number of fused-ring (bicyclic) bond motifs is 1. The highest BCUT2D eigenvalue weighted by Gasteiger charge is 2.36. The highest BCUT2D eigenvalue weighted by Crippen LogP contribution is 2.38. The molecule has 0 saturated carbocycles. The Morgan fingerprint density at radius 3 is 2.47 bits per heavy atom. The number of halogens is 3. The van der Waals surface area contributed by atoms with Gasteiger partial charge in [-0.15, -0.1) is 0 Å². The van der Waals surface area contributed by atoms with Gasteiger partial charge in [-0.1, -0.05) is 12.1 Å². The first-order valence-electron chi connectivity index (χ1n) is 9.24. The zero-order chi connectivity index (χ0) is 22.1. The third-order valence-electron chi connectivity index (χ3n) is 4.77. The van der Waals surface area contributed by atoms with Crippen LogP contribution in [0.25, 0.3) is 10.9 Å². The van der Waals surface area contributed by atoms with Crippen molar-refractivity contribution in [2.45, 2.75) is 39.1 Å². The number of ether oxygens (including phenoxy) is 1. The van der Waals surface area contributed by atoms with Gasteiger partial charge in [-0.05, 0) is 49.7 Å². The third kappa shape index (κ3) is 4.40. The van der Waals surface area contributed by atoms with Gasteiger partial charge in [-0.2, -0.15) is 18.4 Å². The highest BCUT2D eigenvalue weighted by atomic mass is 19.4. The first kappa shape index (κ1) is 21.2. The van der Waals surface area contributed by atoms with Crippen LogP contribution < -0.4 is 10.5 Å². The van der Waals surface area contributed by atoms with Crippen LogP contribution in [0.15, 0.2) is 42.5 Å². The van der Waals surface area contributed by atoms with Crippen LogP contribution in [0.1, 0.15) is 29.3 Å². The SMILES string of the molecule is Cc1cc2c(C(F)(F)F)c(C#N)ccc2n1CC(C)Oc1ccc(CC(N)=O)cc1. The maximum absolute atomic E-state index is 13.6. The Morgan fingerprint density at radius 2 is 1.90 bits per heavy atom. The molecule has 30 heavy (non-hydrogen) atoms. The van der Waals surface area contributed by atoms with Gasteiger partial charge in [0.2, 0.25) is 5.91 Å². The lowest BCUT2D eigenvalue weighted by Crippen LogP contribution is -2.20. The molecule has 0 fully saturated rings. The summed E-state index contributed by atoms with van der Waals surface area (Å²) in [4.78, 5) is 11.0. The molecule has 0 aliphatic rings. The van der Waals surface area contributed by atoms with Crippen LogP contribution in [-0.4, -0.2) is 16.6 Å². The van der Waals surface area contributed by atoms with Crippen molar-refractivity contribution in [1.82, 2.24) is 4.57 Å². The van der Waals surface area contributed by atoms with Gasteiger partial charge < -0.3 is 15.0 Å². The van der Waals surface area contributed by atoms with E-state index in [9.17, 15) is 18.0 Å². The molecule has 8 heteroatoms. The van der Waals surface area contributed by atoms with E-state index in [4.69, 9.17) is 15.7 Å². The Morgan fingerprint density at radius 1 is 1.23 bits per heavy atom. The molecular formula is C22H20F3N3O2. The van der Waals surface area contributed by atoms with Gasteiger partial charge in [0.15, 0.2) is 0 Å². The molecule has 0 aliphatic carbocycles. The topological polar surface area (TPSA) is 81.0 Å². The summed E-state index contributed by atoms with van der Waals surface area (Å²) >= 11 is 0. The normalized spacial score (nSPS) is 12.5. The molecule has 0 saturated heterocycles. The molecule has 0 radical (unpaired) electrons. The number of alkyl halides is 3. The minimum atomic E-state index is -4.63. The molecule has 0 bridgehead atoms. The van der Waals surface area contributed by atoms with Gasteiger partial charge in [0.1, 0.15) is 11.9 Å². The molecule has 5 nitrogen and oxygen atoms in total. The summed E-state index contributed by atoms with van der Waals surface area (Å²) in [7, 11) is 0. The van der Waals surface area contributed by atoms with Crippen LogP contribution in [0.2, 0.25) is 0 Å². The van der Waals surface area contributed by atoms with Crippen molar-refractivity contribution in [3.8, 4) is 11.8 Å². The molecule has 3 rings (SSSR count). The van der Waals surface area contributed by atoms with E-state index in [-0.39, 0.29) is 17.9 Å². The largest absolute Gasteiger partial charge is 0.489 e. The Balaban J connectivity index is 1.86. The minimum Gasteiger partial charge on any atom is -0.489 e. The van der Waals surface area contributed by atoms with Gasteiger partial charge in [0.05, 0.1) is 30.2 Å². The second kappa shape index (κ2) is 8.11. The van der Waals surface area contributed by atoms with Crippen LogP contribution in [-0.2, 0) is 23.9 Å². The summed E-state index contributed by atoms with van der Waals surface area (Å²) in [6.07, 6.45) is -4.83. The number of nitrogens with two attached hydrogens (primary N) is 1. The summed E-state index contributed by atoms with van der Waals surface area (Å²) in [5, 5.41) is 9.09. The molecule has 0 spiro atoms. The number of carbonyl (C=O) groups excluding carboxylic acids is 1. The lowest BCUT2D eigenvalue weighted by atomic mass is 10.0. The summed E-state index contributed by atoms with van der Waals surface area (Å²) in [5.74, 6) is 0.150. The number of nitriles is 1. The maximum Gasteiger partial charge on any atom is 0.418 e. The van der Waals surface area contributed by atoms with Crippen molar-refractivity contribution in [2.75, 3.05) is 0 Å². The minimum absolute atomic E-state index is 0.00190. The number of carbonyl (C=O) groups is 1. The molecular weight excluding hydrogens is 395 g/mol. The second-order valence-corrected chi connectivity index (χ2v) is 7.14. The molecule has 1 aromatic heterocycles. The van der Waals surface area contributed by atoms with Crippen LogP contribution in [0.5, 0.6) is 5.75 Å². The van der Waals surface area contributed by atoms with Crippen molar-refractivity contribution < 1.29 is 22.7 Å². The molecule has 2 aromatic carbocycles. The Labute approximate surface area is 171 Å². The van der Waals surface area contributed by atoms with E-state index in [1.165, 1.54) is 18.2 Å². The maximum atomic E-state index is 13.6. The molecule has 156 valence electrons. The van der Waals surface area contributed by atoms with E-state index in [2.05, 4.69) is 0 Å². The van der Waals surface area contributed by atoms with E-state index < -0.39 is 23.2 Å². The van der Waals surface area contributed by atoms with Gasteiger partial charge in [-0.3, -0.25) is 4.79 Å². The summed E-state index contributed by atoms with van der Waals surface area (Å²) in [6.45, 7) is 3.86. The van der Waals surface area contributed by atoms with Crippen molar-refractivity contribution in [1.29, 1.82) is 5.26 Å². The Hall–Kier alpha value is -3.47. The Bertz CT molecular complexity index is 1130. The van der Waals surface area contributed by atoms with Crippen molar-refractivity contribution in [2.24, 2.45) is 5.73 Å². The van der Waals surface area contributed by atoms with Crippen LogP contribution in [0.3, 0.4) is 0 Å². The van der Waals surface area contributed by atoms with Gasteiger partial charge in [0, 0.05) is 16.6 Å². The Kier molecular flexibility index (Phi) is 5.74. The van der Waals surface area contributed by atoms with Crippen LogP contribution >= 0.6 is 0 Å². The number of amides is 1. The van der Waals surface area contributed by atoms with E-state index in [0.717, 1.165) is 5.56 Å². The third-order valence-corrected chi connectivity index (χ3v) is 4.77. The first-order valence-corrected chi connectivity index (χ1v) is 9.24. The lowest BCUT2D eigenvalue weighted by Gasteiger charge is -2.18. The molecule has 1 unspecified atom stereocenters. The van der Waals surface area contributed by atoms with Crippen molar-refractivity contribution in [3.05, 3.63) is 64.8 Å². The number of benzene rings is 2. The summed E-state index contributed by atoms with van der Waals surface area (Å²) in [6, 6.07) is 12.7. The standard InChI is InChI=1S/C22H20F3N3O2/c1-13-9-18-19(8-5-16(11-26)21(18)22(23,24)25)28(13)12-14(2)30-17-6-3-15(4-7-17)10-20(27)29/h3-9,14H,10,12H2,1-2H3,(H2,27,29). The van der Waals surface area contributed by atoms with Gasteiger partial charge in [-0.25, -0.2) is 0 Å². The quantitative estimate of drug-likeness (QED) is 0.650. The molecule has 1 atom stereocenters. The fraction of sp³-hybridized carbons (Fsp3) is 0.273. The van der Waals surface area contributed by atoms with Crippen LogP contribution in [0.4, 0.5) is 13.2 Å². The highest BCUT2D eigenvalue weighted by molar-refractivity contribution is 5.87. The predicted octanol–water partition coefficient (Wildman–Crippen LogP) is 4.34. The molecule has 0 aliphatic heterocycles. The van der Waals surface area contributed by atoms with E-state index in [1.54, 1.807) is 41.8 Å². The zero-order valence-electron chi connectivity index (χ0n) is 16.5. The number of hydrogen-bond acceptors (Lipinski definition) is 3. The summed E-state index contributed by atoms with van der Waals surface area (Å²) in [5.41, 5.74) is 5.66. The predicted molar refractivity (Wildman–Crippen MR) is 106 cm³/mol. The molecule has 1 heterocycles. The van der Waals surface area contributed by atoms with E-state index in [1.807, 2.05) is 6.92 Å². The van der Waals surface area contributed by atoms with Crippen molar-refractivity contribution >= 4 is 16.8 Å². The van der Waals surface area contributed by atoms with E-state index >= 15 is 0 Å². The summed E-state index contributed by atoms with van der Waals surface area (Å²) < 4.78 is 48.3. The monoisotopic (exact) mass is 415 g/mol. The van der Waals surface area contributed by atoms with Gasteiger partial charge >= 0.3 is 6.18 Å². The number of primary amides is 1. The molecule has 2 N–H and O–H groups in total. The number of hydrogen-bond donors (Lipinski definition) is 1. The average molecular weight is 415 g/mol. The molecule has 3 aromatic rings. The number of aryl methyl sites for hydroxylation is 1. The smallest absolute Gasteiger partial charge is 0.418 e. The van der Waals surface area contributed by atoms with E-state index in [0.29, 0.717) is 23.5 Å². The average Bonchev–Trinajstić information content (AvgIpc) is 2.96. The van der Waals surface area contributed by atoms with Crippen molar-refractivity contribution in [3.63, 3.8) is 0 Å². The van der Waals surface area contributed by atoms with Crippen LogP contribution in [0, 0.1) is 18.3 Å². The zero-order valence-corrected chi connectivity index (χ0v) is 16.5. The number of nitrogens with zero attached hydrogens (tertiary/aromatic N) is 2.